The number of nitrogens with one attached hydrogen (secondary N) is 1. The van der Waals surface area contributed by atoms with Crippen molar-refractivity contribution in [2.45, 2.75) is 6.17 Å². The van der Waals surface area contributed by atoms with Crippen LogP contribution in [-0.2, 0) is 0 Å². The van der Waals surface area contributed by atoms with E-state index in [4.69, 9.17) is 14.4 Å². The molecule has 12 rings (SSSR count). The van der Waals surface area contributed by atoms with Crippen LogP contribution >= 0.6 is 0 Å². The van der Waals surface area contributed by atoms with Crippen molar-refractivity contribution in [3.05, 3.63) is 211 Å². The summed E-state index contributed by atoms with van der Waals surface area (Å²) < 4.78 is 9.12. The first kappa shape index (κ1) is 32.5. The van der Waals surface area contributed by atoms with E-state index in [2.05, 4.69) is 186 Å². The van der Waals surface area contributed by atoms with Gasteiger partial charge in [-0.25, -0.2) is 9.98 Å². The third kappa shape index (κ3) is 5.32. The highest BCUT2D eigenvalue weighted by Crippen LogP contribution is 2.39. The van der Waals surface area contributed by atoms with E-state index >= 15 is 0 Å². The van der Waals surface area contributed by atoms with Crippen molar-refractivity contribution in [3.8, 4) is 16.8 Å². The molecule has 11 aromatic rings. The maximum Gasteiger partial charge on any atom is 0.169 e. The molecular formula is C53H34N4O. The zero-order valence-electron chi connectivity index (χ0n) is 31.3. The number of hydrogen-bond acceptors (Lipinski definition) is 4. The van der Waals surface area contributed by atoms with Gasteiger partial charge in [0.2, 0.25) is 0 Å². The fraction of sp³-hybridized carbons (Fsp3) is 0.0189. The van der Waals surface area contributed by atoms with E-state index in [0.717, 1.165) is 67.0 Å². The predicted octanol–water partition coefficient (Wildman–Crippen LogP) is 13.2. The Morgan fingerprint density at radius 3 is 1.78 bits per heavy atom. The SMILES string of the molecule is c1ccc(C2=NC(c3ccc4c(c3)oc3cc(-n5c6ccc(-c7ccccc7)cc6c6cc7ccccc7cc65)ccc34)N=C(c3ccc4ccccc4c3)N2)cc1. The van der Waals surface area contributed by atoms with E-state index in [-0.39, 0.29) is 0 Å². The van der Waals surface area contributed by atoms with Gasteiger partial charge in [0.1, 0.15) is 22.8 Å². The summed E-state index contributed by atoms with van der Waals surface area (Å²) in [6.45, 7) is 0. The van der Waals surface area contributed by atoms with Gasteiger partial charge in [0.25, 0.3) is 0 Å². The molecule has 0 amide bonds. The molecule has 1 atom stereocenters. The van der Waals surface area contributed by atoms with Crippen LogP contribution in [0.15, 0.2) is 209 Å². The van der Waals surface area contributed by atoms with E-state index in [9.17, 15) is 0 Å². The molecule has 1 N–H and O–H groups in total. The number of rotatable bonds is 5. The lowest BCUT2D eigenvalue weighted by Crippen LogP contribution is -2.36. The van der Waals surface area contributed by atoms with Crippen molar-refractivity contribution in [2.75, 3.05) is 0 Å². The van der Waals surface area contributed by atoms with Gasteiger partial charge in [0.15, 0.2) is 6.17 Å². The lowest BCUT2D eigenvalue weighted by atomic mass is 10.0. The highest BCUT2D eigenvalue weighted by molar-refractivity contribution is 6.17. The third-order valence-corrected chi connectivity index (χ3v) is 11.6. The van der Waals surface area contributed by atoms with Crippen LogP contribution in [0.4, 0.5) is 0 Å². The highest BCUT2D eigenvalue weighted by Gasteiger charge is 2.23. The molecule has 0 saturated heterocycles. The summed E-state index contributed by atoms with van der Waals surface area (Å²) in [7, 11) is 0. The third-order valence-electron chi connectivity index (χ3n) is 11.6. The molecule has 5 nitrogen and oxygen atoms in total. The van der Waals surface area contributed by atoms with Gasteiger partial charge in [-0.05, 0) is 81.2 Å². The van der Waals surface area contributed by atoms with E-state index in [1.54, 1.807) is 0 Å². The number of hydrogen-bond donors (Lipinski definition) is 1. The molecule has 0 radical (unpaired) electrons. The van der Waals surface area contributed by atoms with Crippen molar-refractivity contribution < 1.29 is 4.42 Å². The minimum Gasteiger partial charge on any atom is -0.456 e. The van der Waals surface area contributed by atoms with Crippen molar-refractivity contribution in [1.29, 1.82) is 0 Å². The molecule has 1 unspecified atom stereocenters. The van der Waals surface area contributed by atoms with Crippen molar-refractivity contribution in [2.24, 2.45) is 9.98 Å². The molecule has 1 aliphatic rings. The zero-order valence-corrected chi connectivity index (χ0v) is 31.3. The van der Waals surface area contributed by atoms with Gasteiger partial charge in [-0.2, -0.15) is 0 Å². The Morgan fingerprint density at radius 1 is 0.397 bits per heavy atom. The van der Waals surface area contributed by atoms with Gasteiger partial charge in [0.05, 0.1) is 11.0 Å². The Hall–Kier alpha value is -7.76. The molecule has 1 aliphatic heterocycles. The first-order valence-electron chi connectivity index (χ1n) is 19.7. The van der Waals surface area contributed by atoms with Crippen LogP contribution in [0.3, 0.4) is 0 Å². The number of furan rings is 1. The van der Waals surface area contributed by atoms with E-state index in [1.165, 1.54) is 43.4 Å². The zero-order chi connectivity index (χ0) is 38.2. The van der Waals surface area contributed by atoms with Crippen molar-refractivity contribution in [3.63, 3.8) is 0 Å². The predicted molar refractivity (Wildman–Crippen MR) is 240 cm³/mol. The number of amidine groups is 2. The number of aliphatic imine (C=N–C) groups is 2. The van der Waals surface area contributed by atoms with Crippen LogP contribution in [0, 0.1) is 0 Å². The molecule has 58 heavy (non-hydrogen) atoms. The monoisotopic (exact) mass is 742 g/mol. The smallest absolute Gasteiger partial charge is 0.169 e. The van der Waals surface area contributed by atoms with Crippen LogP contribution in [0.2, 0.25) is 0 Å². The molecule has 0 aliphatic carbocycles. The quantitative estimate of drug-likeness (QED) is 0.191. The molecule has 0 bridgehead atoms. The standard InChI is InChI=1S/C53H34N4O/c1-3-11-33(12-4-1)39-22-26-47-45(29-39)46-28-37-17-9-10-18-38(37)30-48(46)57(47)42-23-25-44-43-24-21-41(31-49(43)58-50(44)32-42)53-55-51(35-14-5-2-6-15-35)54-52(56-53)40-20-19-34-13-7-8-16-36(34)27-40/h1-32,53H,(H,54,55,56). The summed E-state index contributed by atoms with van der Waals surface area (Å²) in [5.41, 5.74) is 10.4. The molecule has 0 spiro atoms. The number of aromatic nitrogens is 1. The average molecular weight is 743 g/mol. The normalized spacial score (nSPS) is 14.4. The molecular weight excluding hydrogens is 709 g/mol. The van der Waals surface area contributed by atoms with Gasteiger partial charge in [0, 0.05) is 50.0 Å². The molecule has 0 saturated carbocycles. The van der Waals surface area contributed by atoms with Gasteiger partial charge >= 0.3 is 0 Å². The van der Waals surface area contributed by atoms with E-state index in [1.807, 2.05) is 18.2 Å². The lowest BCUT2D eigenvalue weighted by Gasteiger charge is -2.22. The Morgan fingerprint density at radius 2 is 1.00 bits per heavy atom. The van der Waals surface area contributed by atoms with E-state index < -0.39 is 6.17 Å². The minimum atomic E-state index is -0.459. The second kappa shape index (κ2) is 12.9. The Bertz CT molecular complexity index is 3480. The average Bonchev–Trinajstić information content (AvgIpc) is 3.82. The summed E-state index contributed by atoms with van der Waals surface area (Å²) in [6.07, 6.45) is -0.459. The summed E-state index contributed by atoms with van der Waals surface area (Å²) >= 11 is 0. The number of benzene rings is 9. The molecule has 5 heteroatoms. The van der Waals surface area contributed by atoms with Gasteiger partial charge < -0.3 is 14.3 Å². The Kier molecular flexibility index (Phi) is 7.23. The van der Waals surface area contributed by atoms with Gasteiger partial charge in [-0.15, -0.1) is 0 Å². The van der Waals surface area contributed by atoms with Crippen LogP contribution < -0.4 is 5.32 Å². The molecule has 3 heterocycles. The van der Waals surface area contributed by atoms with E-state index in [0.29, 0.717) is 0 Å². The van der Waals surface area contributed by atoms with Crippen LogP contribution in [0.1, 0.15) is 22.9 Å². The Labute approximate surface area is 333 Å². The topological polar surface area (TPSA) is 54.8 Å². The summed E-state index contributed by atoms with van der Waals surface area (Å²) in [5, 5.41) is 12.9. The summed E-state index contributed by atoms with van der Waals surface area (Å²) in [4.78, 5) is 10.3. The first-order valence-corrected chi connectivity index (χ1v) is 19.7. The van der Waals surface area contributed by atoms with Crippen molar-refractivity contribution >= 4 is 77.0 Å². The van der Waals surface area contributed by atoms with Gasteiger partial charge in [-0.1, -0.05) is 140 Å². The minimum absolute atomic E-state index is 0.459. The fourth-order valence-electron chi connectivity index (χ4n) is 8.70. The van der Waals surface area contributed by atoms with Crippen LogP contribution in [0.25, 0.3) is 82.1 Å². The maximum absolute atomic E-state index is 6.74. The van der Waals surface area contributed by atoms with Gasteiger partial charge in [-0.3, -0.25) is 0 Å². The second-order valence-electron chi connectivity index (χ2n) is 15.1. The maximum atomic E-state index is 6.74. The fourth-order valence-corrected chi connectivity index (χ4v) is 8.70. The molecule has 0 fully saturated rings. The summed E-state index contributed by atoms with van der Waals surface area (Å²) in [6, 6.07) is 68.8. The molecule has 2 aromatic heterocycles. The summed E-state index contributed by atoms with van der Waals surface area (Å²) in [5.74, 6) is 1.57. The molecule has 9 aromatic carbocycles. The Balaban J connectivity index is 0.986. The first-order chi connectivity index (χ1) is 28.7. The second-order valence-corrected chi connectivity index (χ2v) is 15.1. The van der Waals surface area contributed by atoms with Crippen LogP contribution in [-0.4, -0.2) is 16.2 Å². The van der Waals surface area contributed by atoms with Crippen molar-refractivity contribution in [1.82, 2.24) is 9.88 Å². The number of fused-ring (bicyclic) bond motifs is 8. The van der Waals surface area contributed by atoms with Crippen LogP contribution in [0.5, 0.6) is 0 Å². The number of nitrogens with zero attached hydrogens (tertiary/aromatic N) is 3. The lowest BCUT2D eigenvalue weighted by molar-refractivity contribution is 0.665. The molecule has 272 valence electrons. The highest BCUT2D eigenvalue weighted by atomic mass is 16.3. The largest absolute Gasteiger partial charge is 0.456 e.